The topological polar surface area (TPSA) is 49.4 Å². The fraction of sp³-hybridized carbons (Fsp3) is 0.304. The largest absolute Gasteiger partial charge is 0.345 e. The van der Waals surface area contributed by atoms with E-state index in [2.05, 4.69) is 17.2 Å². The minimum absolute atomic E-state index is 0.0108. The van der Waals surface area contributed by atoms with E-state index < -0.39 is 0 Å². The molecule has 0 unspecified atom stereocenters. The first-order valence-electron chi connectivity index (χ1n) is 9.56. The van der Waals surface area contributed by atoms with E-state index in [1.165, 1.54) is 4.90 Å². The van der Waals surface area contributed by atoms with Crippen molar-refractivity contribution in [2.75, 3.05) is 23.7 Å². The molecule has 0 radical (unpaired) electrons. The van der Waals surface area contributed by atoms with Gasteiger partial charge in [0.2, 0.25) is 11.8 Å². The molecule has 3 rings (SSSR count). The molecular formula is C23H24N2O2S. The highest BCUT2D eigenvalue weighted by Gasteiger charge is 2.19. The van der Waals surface area contributed by atoms with Crippen LogP contribution in [0.2, 0.25) is 0 Å². The van der Waals surface area contributed by atoms with E-state index in [1.54, 1.807) is 11.8 Å². The van der Waals surface area contributed by atoms with Gasteiger partial charge in [-0.3, -0.25) is 9.59 Å². The van der Waals surface area contributed by atoms with E-state index in [9.17, 15) is 9.59 Å². The average Bonchev–Trinajstić information content (AvgIpc) is 2.73. The van der Waals surface area contributed by atoms with Crippen LogP contribution in [0.25, 0.3) is 0 Å². The van der Waals surface area contributed by atoms with Crippen LogP contribution in [-0.2, 0) is 9.59 Å². The van der Waals surface area contributed by atoms with E-state index >= 15 is 0 Å². The highest BCUT2D eigenvalue weighted by atomic mass is 32.2. The molecule has 2 amide bonds. The number of hydrogen-bond acceptors (Lipinski definition) is 3. The van der Waals surface area contributed by atoms with Crippen molar-refractivity contribution < 1.29 is 9.59 Å². The van der Waals surface area contributed by atoms with Gasteiger partial charge in [-0.15, -0.1) is 11.8 Å². The summed E-state index contributed by atoms with van der Waals surface area (Å²) in [6.07, 6.45) is 3.14. The van der Waals surface area contributed by atoms with Crippen LogP contribution in [0.15, 0.2) is 59.5 Å². The first-order chi connectivity index (χ1) is 13.7. The number of carbonyl (C=O) groups is 2. The van der Waals surface area contributed by atoms with Gasteiger partial charge in [0.05, 0.1) is 6.54 Å². The van der Waals surface area contributed by atoms with Gasteiger partial charge < -0.3 is 10.2 Å². The highest BCUT2D eigenvalue weighted by molar-refractivity contribution is 7.99. The number of nitrogens with one attached hydrogen (secondary N) is 1. The molecule has 0 aromatic heterocycles. The van der Waals surface area contributed by atoms with Crippen molar-refractivity contribution >= 4 is 29.3 Å². The molecule has 0 spiro atoms. The Hall–Kier alpha value is -2.71. The van der Waals surface area contributed by atoms with Crippen LogP contribution >= 0.6 is 11.8 Å². The van der Waals surface area contributed by atoms with Crippen molar-refractivity contribution in [2.24, 2.45) is 0 Å². The third-order valence-electron chi connectivity index (χ3n) is 4.45. The lowest BCUT2D eigenvalue weighted by molar-refractivity contribution is -0.120. The minimum atomic E-state index is 0.0108. The van der Waals surface area contributed by atoms with Gasteiger partial charge in [0.1, 0.15) is 0 Å². The second kappa shape index (κ2) is 10.6. The highest BCUT2D eigenvalue weighted by Crippen LogP contribution is 2.21. The molecule has 5 heteroatoms. The molecule has 2 aromatic carbocycles. The Labute approximate surface area is 170 Å². The molecule has 1 fully saturated rings. The fourth-order valence-electron chi connectivity index (χ4n) is 2.96. The van der Waals surface area contributed by atoms with E-state index in [0.717, 1.165) is 36.4 Å². The number of rotatable bonds is 6. The zero-order valence-electron chi connectivity index (χ0n) is 15.8. The normalized spacial score (nSPS) is 13.6. The maximum Gasteiger partial charge on any atom is 0.226 e. The van der Waals surface area contributed by atoms with Gasteiger partial charge in [-0.2, -0.15) is 0 Å². The Morgan fingerprint density at radius 2 is 1.86 bits per heavy atom. The molecule has 1 aliphatic rings. The summed E-state index contributed by atoms with van der Waals surface area (Å²) in [4.78, 5) is 26.8. The van der Waals surface area contributed by atoms with Crippen LogP contribution in [0.4, 0.5) is 5.69 Å². The van der Waals surface area contributed by atoms with Crippen molar-refractivity contribution in [3.8, 4) is 11.8 Å². The van der Waals surface area contributed by atoms with Crippen molar-refractivity contribution in [3.05, 3.63) is 60.2 Å². The van der Waals surface area contributed by atoms with Gasteiger partial charge in [0.15, 0.2) is 0 Å². The Morgan fingerprint density at radius 3 is 2.61 bits per heavy atom. The summed E-state index contributed by atoms with van der Waals surface area (Å²) in [5.41, 5.74) is 1.81. The fourth-order valence-corrected chi connectivity index (χ4v) is 3.83. The number of amides is 2. The van der Waals surface area contributed by atoms with Crippen LogP contribution in [0, 0.1) is 11.8 Å². The zero-order valence-corrected chi connectivity index (χ0v) is 16.6. The number of carbonyl (C=O) groups excluding carboxylic acids is 2. The molecule has 0 saturated carbocycles. The SMILES string of the molecule is O=C(CCSc1ccccc1)NCC#Cc1ccc(N2CCCCC2=O)cc1. The molecule has 2 aromatic rings. The van der Waals surface area contributed by atoms with Gasteiger partial charge in [-0.1, -0.05) is 30.0 Å². The van der Waals surface area contributed by atoms with Crippen LogP contribution < -0.4 is 10.2 Å². The third-order valence-corrected chi connectivity index (χ3v) is 5.46. The summed E-state index contributed by atoms with van der Waals surface area (Å²) in [6, 6.07) is 17.8. The lowest BCUT2D eigenvalue weighted by Crippen LogP contribution is -2.35. The van der Waals surface area contributed by atoms with Crippen molar-refractivity contribution in [2.45, 2.75) is 30.6 Å². The van der Waals surface area contributed by atoms with E-state index in [-0.39, 0.29) is 11.8 Å². The van der Waals surface area contributed by atoms with Crippen LogP contribution in [0.3, 0.4) is 0 Å². The summed E-state index contributed by atoms with van der Waals surface area (Å²) in [5, 5.41) is 2.83. The monoisotopic (exact) mass is 392 g/mol. The first-order valence-corrected chi connectivity index (χ1v) is 10.5. The lowest BCUT2D eigenvalue weighted by Gasteiger charge is -2.26. The van der Waals surface area contributed by atoms with E-state index in [4.69, 9.17) is 0 Å². The first kappa shape index (κ1) is 20.0. The molecule has 1 N–H and O–H groups in total. The number of thioether (sulfide) groups is 1. The molecule has 4 nitrogen and oxygen atoms in total. The number of nitrogens with zero attached hydrogens (tertiary/aromatic N) is 1. The molecule has 1 saturated heterocycles. The maximum atomic E-state index is 12.0. The van der Waals surface area contributed by atoms with Gasteiger partial charge in [-0.25, -0.2) is 0 Å². The Kier molecular flexibility index (Phi) is 7.57. The van der Waals surface area contributed by atoms with E-state index in [1.807, 2.05) is 59.5 Å². The number of anilines is 1. The number of benzene rings is 2. The smallest absolute Gasteiger partial charge is 0.226 e. The van der Waals surface area contributed by atoms with Gasteiger partial charge >= 0.3 is 0 Å². The van der Waals surface area contributed by atoms with Crippen molar-refractivity contribution in [1.82, 2.24) is 5.32 Å². The zero-order chi connectivity index (χ0) is 19.6. The minimum Gasteiger partial charge on any atom is -0.345 e. The number of piperidine rings is 1. The Bertz CT molecular complexity index is 854. The molecule has 144 valence electrons. The number of hydrogen-bond donors (Lipinski definition) is 1. The van der Waals surface area contributed by atoms with Crippen molar-refractivity contribution in [1.29, 1.82) is 0 Å². The van der Waals surface area contributed by atoms with E-state index in [0.29, 0.717) is 19.4 Å². The van der Waals surface area contributed by atoms with Crippen LogP contribution in [0.1, 0.15) is 31.2 Å². The molecule has 0 bridgehead atoms. The standard InChI is InChI=1S/C23H24N2O2S/c26-22(15-18-28-21-8-2-1-3-9-21)24-16-6-7-19-11-13-20(14-12-19)25-17-5-4-10-23(25)27/h1-3,8-9,11-14H,4-5,10,15-18H2,(H,24,26). The second-order valence-electron chi connectivity index (χ2n) is 6.54. The quantitative estimate of drug-likeness (QED) is 0.600. The molecule has 28 heavy (non-hydrogen) atoms. The Balaban J connectivity index is 1.39. The van der Waals surface area contributed by atoms with Gasteiger partial charge in [0.25, 0.3) is 0 Å². The van der Waals surface area contributed by atoms with Gasteiger partial charge in [-0.05, 0) is 49.2 Å². The molecule has 0 aliphatic carbocycles. The van der Waals surface area contributed by atoms with Crippen LogP contribution in [-0.4, -0.2) is 30.7 Å². The summed E-state index contributed by atoms with van der Waals surface area (Å²) in [7, 11) is 0. The predicted octanol–water partition coefficient (Wildman–Crippen LogP) is 3.85. The van der Waals surface area contributed by atoms with Crippen LogP contribution in [0.5, 0.6) is 0 Å². The average molecular weight is 393 g/mol. The summed E-state index contributed by atoms with van der Waals surface area (Å²) < 4.78 is 0. The summed E-state index contributed by atoms with van der Waals surface area (Å²) >= 11 is 1.67. The molecular weight excluding hydrogens is 368 g/mol. The molecule has 1 heterocycles. The third kappa shape index (κ3) is 6.17. The van der Waals surface area contributed by atoms with Gasteiger partial charge in [0, 0.05) is 41.3 Å². The summed E-state index contributed by atoms with van der Waals surface area (Å²) in [5.74, 6) is 6.98. The predicted molar refractivity (Wildman–Crippen MR) is 114 cm³/mol. The lowest BCUT2D eigenvalue weighted by atomic mass is 10.1. The Morgan fingerprint density at radius 1 is 1.07 bits per heavy atom. The molecule has 0 atom stereocenters. The molecule has 1 aliphatic heterocycles. The second-order valence-corrected chi connectivity index (χ2v) is 7.71. The summed E-state index contributed by atoms with van der Waals surface area (Å²) in [6.45, 7) is 1.12. The van der Waals surface area contributed by atoms with Crippen molar-refractivity contribution in [3.63, 3.8) is 0 Å². The maximum absolute atomic E-state index is 12.0.